The van der Waals surface area contributed by atoms with Crippen molar-refractivity contribution < 1.29 is 13.2 Å². The molecule has 2 rings (SSSR count). The van der Waals surface area contributed by atoms with Gasteiger partial charge in [0.15, 0.2) is 0 Å². The maximum Gasteiger partial charge on any atom is 0.251 e. The molecule has 134 valence electrons. The highest BCUT2D eigenvalue weighted by Crippen LogP contribution is 2.15. The van der Waals surface area contributed by atoms with Crippen molar-refractivity contribution in [3.8, 4) is 0 Å². The van der Waals surface area contributed by atoms with Crippen molar-refractivity contribution in [2.24, 2.45) is 5.92 Å². The van der Waals surface area contributed by atoms with Crippen molar-refractivity contribution >= 4 is 15.9 Å². The Morgan fingerprint density at radius 1 is 1.29 bits per heavy atom. The molecule has 1 aliphatic heterocycles. The van der Waals surface area contributed by atoms with E-state index >= 15 is 0 Å². The topological polar surface area (TPSA) is 78.5 Å². The summed E-state index contributed by atoms with van der Waals surface area (Å²) in [7, 11) is -1.98. The molecule has 0 spiro atoms. The number of carbonyl (C=O) groups excluding carboxylic acids is 1. The van der Waals surface area contributed by atoms with Gasteiger partial charge in [-0.1, -0.05) is 6.92 Å². The molecule has 1 heterocycles. The molecule has 1 aromatic rings. The zero-order valence-electron chi connectivity index (χ0n) is 14.4. The van der Waals surface area contributed by atoms with Gasteiger partial charge >= 0.3 is 0 Å². The van der Waals surface area contributed by atoms with E-state index in [-0.39, 0.29) is 10.8 Å². The molecule has 0 radical (unpaired) electrons. The summed E-state index contributed by atoms with van der Waals surface area (Å²) in [5, 5.41) is 2.51. The molecule has 7 heteroatoms. The van der Waals surface area contributed by atoms with E-state index in [1.165, 1.54) is 44.2 Å². The van der Waals surface area contributed by atoms with Crippen LogP contribution in [-0.2, 0) is 10.0 Å². The molecule has 0 aromatic heterocycles. The van der Waals surface area contributed by atoms with Gasteiger partial charge in [0.25, 0.3) is 5.91 Å². The van der Waals surface area contributed by atoms with E-state index in [2.05, 4.69) is 21.9 Å². The minimum absolute atomic E-state index is 0.182. The number of carbonyl (C=O) groups is 1. The zero-order chi connectivity index (χ0) is 17.6. The molecule has 0 saturated carbocycles. The van der Waals surface area contributed by atoms with E-state index in [9.17, 15) is 13.2 Å². The van der Waals surface area contributed by atoms with E-state index in [4.69, 9.17) is 0 Å². The number of hydrogen-bond acceptors (Lipinski definition) is 4. The first-order valence-electron chi connectivity index (χ1n) is 8.46. The van der Waals surface area contributed by atoms with Crippen LogP contribution < -0.4 is 10.0 Å². The normalized spacial score (nSPS) is 19.2. The summed E-state index contributed by atoms with van der Waals surface area (Å²) in [5.41, 5.74) is 0.440. The smallest absolute Gasteiger partial charge is 0.251 e. The summed E-state index contributed by atoms with van der Waals surface area (Å²) < 4.78 is 27.2. The fourth-order valence-electron chi connectivity index (χ4n) is 3.01. The van der Waals surface area contributed by atoms with E-state index in [0.29, 0.717) is 12.1 Å². The first-order chi connectivity index (χ1) is 11.4. The molecule has 1 fully saturated rings. The van der Waals surface area contributed by atoms with E-state index in [1.807, 2.05) is 0 Å². The molecule has 1 aromatic carbocycles. The number of nitrogens with one attached hydrogen (secondary N) is 2. The summed E-state index contributed by atoms with van der Waals surface area (Å²) in [4.78, 5) is 14.1. The molecule has 1 atom stereocenters. The third-order valence-electron chi connectivity index (χ3n) is 4.34. The molecule has 1 unspecified atom stereocenters. The Labute approximate surface area is 144 Å². The number of sulfonamides is 1. The third kappa shape index (κ3) is 5.29. The summed E-state index contributed by atoms with van der Waals surface area (Å²) in [5.74, 6) is 0.497. The summed E-state index contributed by atoms with van der Waals surface area (Å²) in [6, 6.07) is 5.95. The fourth-order valence-corrected chi connectivity index (χ4v) is 4.09. The van der Waals surface area contributed by atoms with Crippen molar-refractivity contribution in [3.63, 3.8) is 0 Å². The largest absolute Gasteiger partial charge is 0.355 e. The van der Waals surface area contributed by atoms with Crippen molar-refractivity contribution in [2.45, 2.75) is 31.1 Å². The second-order valence-corrected chi connectivity index (χ2v) is 8.17. The molecule has 24 heavy (non-hydrogen) atoms. The first kappa shape index (κ1) is 18.9. The van der Waals surface area contributed by atoms with Crippen LogP contribution in [0.1, 0.15) is 36.5 Å². The van der Waals surface area contributed by atoms with Gasteiger partial charge in [0.1, 0.15) is 0 Å². The Kier molecular flexibility index (Phi) is 6.77. The number of likely N-dealkylation sites (tertiary alicyclic amines) is 1. The van der Waals surface area contributed by atoms with Gasteiger partial charge in [-0.25, -0.2) is 13.1 Å². The SMILES string of the molecule is CNC(=O)c1ccc(S(=O)(=O)NCCCN2CCCC(C)C2)cc1. The van der Waals surface area contributed by atoms with Crippen molar-refractivity contribution in [3.05, 3.63) is 29.8 Å². The predicted molar refractivity (Wildman–Crippen MR) is 94.5 cm³/mol. The van der Waals surface area contributed by atoms with Crippen molar-refractivity contribution in [2.75, 3.05) is 33.2 Å². The second-order valence-electron chi connectivity index (χ2n) is 6.40. The Balaban J connectivity index is 1.81. The summed E-state index contributed by atoms with van der Waals surface area (Å²) in [6.07, 6.45) is 3.31. The van der Waals surface area contributed by atoms with Gasteiger partial charge in [0.05, 0.1) is 4.90 Å². The van der Waals surface area contributed by atoms with Crippen LogP contribution in [0.5, 0.6) is 0 Å². The van der Waals surface area contributed by atoms with Crippen LogP contribution in [0.3, 0.4) is 0 Å². The number of amides is 1. The molecule has 1 amide bonds. The van der Waals surface area contributed by atoms with Crippen molar-refractivity contribution in [1.82, 2.24) is 14.9 Å². The summed E-state index contributed by atoms with van der Waals surface area (Å²) >= 11 is 0. The molecular formula is C17H27N3O3S. The van der Waals surface area contributed by atoms with E-state index in [0.717, 1.165) is 32.0 Å². The average molecular weight is 353 g/mol. The van der Waals surface area contributed by atoms with Gasteiger partial charge in [-0.15, -0.1) is 0 Å². The maximum atomic E-state index is 12.3. The summed E-state index contributed by atoms with van der Waals surface area (Å²) in [6.45, 7) is 5.82. The predicted octanol–water partition coefficient (Wildman–Crippen LogP) is 1.45. The lowest BCUT2D eigenvalue weighted by atomic mass is 10.0. The molecule has 0 bridgehead atoms. The molecular weight excluding hydrogens is 326 g/mol. The van der Waals surface area contributed by atoms with E-state index < -0.39 is 10.0 Å². The maximum absolute atomic E-state index is 12.3. The lowest BCUT2D eigenvalue weighted by molar-refractivity contribution is 0.0963. The zero-order valence-corrected chi connectivity index (χ0v) is 15.2. The van der Waals surface area contributed by atoms with E-state index in [1.54, 1.807) is 0 Å². The molecule has 0 aliphatic carbocycles. The Morgan fingerprint density at radius 2 is 2.00 bits per heavy atom. The number of rotatable bonds is 7. The number of nitrogens with zero attached hydrogens (tertiary/aromatic N) is 1. The monoisotopic (exact) mass is 353 g/mol. The van der Waals surface area contributed by atoms with Gasteiger partial charge < -0.3 is 10.2 Å². The molecule has 2 N–H and O–H groups in total. The highest BCUT2D eigenvalue weighted by atomic mass is 32.2. The van der Waals surface area contributed by atoms with Crippen LogP contribution in [0.2, 0.25) is 0 Å². The van der Waals surface area contributed by atoms with Crippen molar-refractivity contribution in [1.29, 1.82) is 0 Å². The van der Waals surface area contributed by atoms with Gasteiger partial charge in [-0.2, -0.15) is 0 Å². The first-order valence-corrected chi connectivity index (χ1v) is 9.95. The fraction of sp³-hybridized carbons (Fsp3) is 0.588. The minimum atomic E-state index is -3.52. The highest BCUT2D eigenvalue weighted by molar-refractivity contribution is 7.89. The quantitative estimate of drug-likeness (QED) is 0.727. The molecule has 6 nitrogen and oxygen atoms in total. The van der Waals surface area contributed by atoms with Crippen LogP contribution in [0.4, 0.5) is 0 Å². The highest BCUT2D eigenvalue weighted by Gasteiger charge is 2.17. The van der Waals surface area contributed by atoms with Crippen LogP contribution in [0.15, 0.2) is 29.2 Å². The average Bonchev–Trinajstić information content (AvgIpc) is 2.58. The Morgan fingerprint density at radius 3 is 2.62 bits per heavy atom. The lowest BCUT2D eigenvalue weighted by Gasteiger charge is -2.30. The van der Waals surface area contributed by atoms with Crippen LogP contribution in [-0.4, -0.2) is 52.5 Å². The number of benzene rings is 1. The number of piperidine rings is 1. The van der Waals surface area contributed by atoms with Gasteiger partial charge in [0, 0.05) is 25.7 Å². The lowest BCUT2D eigenvalue weighted by Crippen LogP contribution is -2.36. The van der Waals surface area contributed by atoms with Gasteiger partial charge in [-0.05, 0) is 62.5 Å². The molecule has 1 aliphatic rings. The van der Waals surface area contributed by atoms with Crippen LogP contribution in [0.25, 0.3) is 0 Å². The van der Waals surface area contributed by atoms with Crippen LogP contribution >= 0.6 is 0 Å². The van der Waals surface area contributed by atoms with Gasteiger partial charge in [-0.3, -0.25) is 4.79 Å². The number of hydrogen-bond donors (Lipinski definition) is 2. The van der Waals surface area contributed by atoms with Gasteiger partial charge in [0.2, 0.25) is 10.0 Å². The minimum Gasteiger partial charge on any atom is -0.355 e. The third-order valence-corrected chi connectivity index (χ3v) is 5.82. The van der Waals surface area contributed by atoms with Crippen LogP contribution in [0, 0.1) is 5.92 Å². The molecule has 1 saturated heterocycles. The standard InChI is InChI=1S/C17H27N3O3S/c1-14-5-3-11-20(13-14)12-4-10-19-24(22,23)16-8-6-15(7-9-16)17(21)18-2/h6-9,14,19H,3-5,10-13H2,1-2H3,(H,18,21). The Hall–Kier alpha value is -1.44. The second kappa shape index (κ2) is 8.60. The Bertz CT molecular complexity index is 644.